The summed E-state index contributed by atoms with van der Waals surface area (Å²) < 4.78 is 79.4. The summed E-state index contributed by atoms with van der Waals surface area (Å²) in [6, 6.07) is 11.0. The summed E-state index contributed by atoms with van der Waals surface area (Å²) in [5.41, 5.74) is 0.965. The Hall–Kier alpha value is -3.52. The summed E-state index contributed by atoms with van der Waals surface area (Å²) in [7, 11) is -3.03. The molecule has 1 heterocycles. The minimum absolute atomic E-state index is 0.124. The van der Waals surface area contributed by atoms with Gasteiger partial charge in [-0.25, -0.2) is 26.6 Å². The zero-order valence-electron chi connectivity index (χ0n) is 26.4. The van der Waals surface area contributed by atoms with E-state index in [-0.39, 0.29) is 12.3 Å². The lowest BCUT2D eigenvalue weighted by Crippen LogP contribution is -2.43. The number of carboxylic acids is 1. The maximum absolute atomic E-state index is 15.5. The van der Waals surface area contributed by atoms with Crippen molar-refractivity contribution in [2.45, 2.75) is 67.8 Å². The molecule has 0 unspecified atom stereocenters. The van der Waals surface area contributed by atoms with Crippen LogP contribution in [0.2, 0.25) is 5.02 Å². The third-order valence-electron chi connectivity index (χ3n) is 7.92. The molecule has 0 amide bonds. The monoisotopic (exact) mass is 709 g/mol. The number of benzene rings is 3. The Kier molecular flexibility index (Phi) is 11.4. The molecule has 1 atom stereocenters. The molecule has 252 valence electrons. The van der Waals surface area contributed by atoms with E-state index in [1.807, 2.05) is 26.8 Å². The highest BCUT2D eigenvalue weighted by Crippen LogP contribution is 2.39. The first-order chi connectivity index (χ1) is 22.1. The molecule has 0 saturated heterocycles. The van der Waals surface area contributed by atoms with Gasteiger partial charge in [0.2, 0.25) is 10.0 Å². The third kappa shape index (κ3) is 7.64. The molecule has 0 radical (unpaired) electrons. The van der Waals surface area contributed by atoms with Gasteiger partial charge >= 0.3 is 5.97 Å². The number of sulfonamides is 1. The van der Waals surface area contributed by atoms with Gasteiger partial charge in [-0.3, -0.25) is 9.36 Å². The zero-order valence-corrected chi connectivity index (χ0v) is 28.8. The number of carbonyl (C=O) groups is 1. The van der Waals surface area contributed by atoms with Gasteiger partial charge in [0.1, 0.15) is 29.2 Å². The van der Waals surface area contributed by atoms with E-state index in [2.05, 4.69) is 4.98 Å². The number of unbranched alkanes of at least 4 members (excludes halogenated alkanes) is 1. The molecule has 0 saturated carbocycles. The molecular weight excluding hydrogens is 675 g/mol. The average Bonchev–Trinajstić information content (AvgIpc) is 3.45. The molecule has 8 nitrogen and oxygen atoms in total. The predicted octanol–water partition coefficient (Wildman–Crippen LogP) is 7.83. The Labute approximate surface area is 281 Å². The summed E-state index contributed by atoms with van der Waals surface area (Å²) >= 11 is 7.26. The summed E-state index contributed by atoms with van der Waals surface area (Å²) in [5, 5.41) is 10.2. The molecule has 0 fully saturated rings. The van der Waals surface area contributed by atoms with Crippen LogP contribution in [-0.2, 0) is 26.0 Å². The van der Waals surface area contributed by atoms with Crippen molar-refractivity contribution in [1.29, 1.82) is 0 Å². The Morgan fingerprint density at radius 2 is 1.74 bits per heavy atom. The molecule has 0 aliphatic heterocycles. The lowest BCUT2D eigenvalue weighted by Gasteiger charge is -2.28. The molecule has 4 aromatic rings. The molecule has 14 heteroatoms. The van der Waals surface area contributed by atoms with E-state index in [1.54, 1.807) is 35.0 Å². The standard InChI is InChI=1S/C33H35ClF3N3O5S2/c1-6-7-14-39(20(2)31(41)42)47(43,44)24-16-27(36)25(28(37)17-24)19-46-32-38-18-30(40(32)23-11-9-22(35)10-12-23)33(3,4)21-8-13-26(34)29(15-21)45-5/h8-13,15-18,20H,6-7,14,19H2,1-5H3,(H,41,42)/t20-/m1/s1. The number of ether oxygens (including phenoxy) is 1. The van der Waals surface area contributed by atoms with E-state index >= 15 is 8.78 Å². The van der Waals surface area contributed by atoms with Crippen molar-refractivity contribution in [2.75, 3.05) is 13.7 Å². The highest BCUT2D eigenvalue weighted by atomic mass is 35.5. The van der Waals surface area contributed by atoms with Crippen molar-refractivity contribution in [3.8, 4) is 11.4 Å². The summed E-state index contributed by atoms with van der Waals surface area (Å²) in [4.78, 5) is 15.5. The molecule has 0 bridgehead atoms. The Bertz CT molecular complexity index is 1840. The predicted molar refractivity (Wildman–Crippen MR) is 175 cm³/mol. The van der Waals surface area contributed by atoms with Crippen molar-refractivity contribution >= 4 is 39.4 Å². The fourth-order valence-corrected chi connectivity index (χ4v) is 7.87. The summed E-state index contributed by atoms with van der Waals surface area (Å²) in [6.07, 6.45) is 2.57. The number of carboxylic acid groups (broad SMARTS) is 1. The fourth-order valence-electron chi connectivity index (χ4n) is 5.01. The average molecular weight is 710 g/mol. The zero-order chi connectivity index (χ0) is 34.7. The molecule has 1 N–H and O–H groups in total. The van der Waals surface area contributed by atoms with Gasteiger partial charge in [0, 0.05) is 29.0 Å². The fraction of sp³-hybridized carbons (Fsp3) is 0.333. The normalized spacial score (nSPS) is 12.8. The number of aliphatic carboxylic acids is 1. The van der Waals surface area contributed by atoms with Crippen LogP contribution in [0.1, 0.15) is 57.4 Å². The molecule has 0 aliphatic rings. The number of rotatable bonds is 14. The number of thioether (sulfide) groups is 1. The summed E-state index contributed by atoms with van der Waals surface area (Å²) in [5.74, 6) is -3.84. The highest BCUT2D eigenvalue weighted by molar-refractivity contribution is 7.98. The quantitative estimate of drug-likeness (QED) is 0.133. The van der Waals surface area contributed by atoms with E-state index in [0.29, 0.717) is 52.3 Å². The van der Waals surface area contributed by atoms with Gasteiger partial charge in [-0.2, -0.15) is 4.31 Å². The van der Waals surface area contributed by atoms with Gasteiger partial charge in [-0.05, 0) is 67.4 Å². The van der Waals surface area contributed by atoms with Crippen LogP contribution in [0.25, 0.3) is 5.69 Å². The van der Waals surface area contributed by atoms with Crippen molar-refractivity contribution in [2.24, 2.45) is 0 Å². The van der Waals surface area contributed by atoms with Crippen LogP contribution in [0.5, 0.6) is 5.75 Å². The number of methoxy groups -OCH3 is 1. The van der Waals surface area contributed by atoms with Crippen LogP contribution in [0.4, 0.5) is 13.2 Å². The lowest BCUT2D eigenvalue weighted by molar-refractivity contribution is -0.140. The van der Waals surface area contributed by atoms with Gasteiger partial charge in [0.05, 0.1) is 28.9 Å². The first-order valence-corrected chi connectivity index (χ1v) is 17.5. The summed E-state index contributed by atoms with van der Waals surface area (Å²) in [6.45, 7) is 6.79. The first-order valence-electron chi connectivity index (χ1n) is 14.7. The van der Waals surface area contributed by atoms with Crippen LogP contribution in [0, 0.1) is 17.5 Å². The number of aromatic nitrogens is 2. The van der Waals surface area contributed by atoms with Crippen LogP contribution >= 0.6 is 23.4 Å². The van der Waals surface area contributed by atoms with Crippen molar-refractivity contribution < 1.29 is 36.2 Å². The minimum Gasteiger partial charge on any atom is -0.495 e. The van der Waals surface area contributed by atoms with Gasteiger partial charge in [0.15, 0.2) is 5.16 Å². The van der Waals surface area contributed by atoms with Gasteiger partial charge < -0.3 is 9.84 Å². The number of imidazole rings is 1. The second kappa shape index (κ2) is 14.7. The van der Waals surface area contributed by atoms with Gasteiger partial charge in [-0.15, -0.1) is 0 Å². The van der Waals surface area contributed by atoms with Crippen molar-refractivity contribution in [3.05, 3.63) is 100 Å². The third-order valence-corrected chi connectivity index (χ3v) is 11.2. The Morgan fingerprint density at radius 3 is 2.32 bits per heavy atom. The molecule has 47 heavy (non-hydrogen) atoms. The van der Waals surface area contributed by atoms with Crippen LogP contribution < -0.4 is 4.74 Å². The van der Waals surface area contributed by atoms with Crippen LogP contribution in [0.3, 0.4) is 0 Å². The molecule has 1 aromatic heterocycles. The van der Waals surface area contributed by atoms with Gasteiger partial charge in [0.25, 0.3) is 0 Å². The molecule has 3 aromatic carbocycles. The van der Waals surface area contributed by atoms with Gasteiger partial charge in [-0.1, -0.05) is 56.6 Å². The molecule has 4 rings (SSSR count). The number of hydrogen-bond acceptors (Lipinski definition) is 6. The maximum atomic E-state index is 15.5. The Morgan fingerprint density at radius 1 is 1.11 bits per heavy atom. The molecule has 0 aliphatic carbocycles. The van der Waals surface area contributed by atoms with Crippen LogP contribution in [0.15, 0.2) is 70.8 Å². The number of hydrogen-bond donors (Lipinski definition) is 1. The van der Waals surface area contributed by atoms with Crippen LogP contribution in [-0.4, -0.2) is 53.0 Å². The maximum Gasteiger partial charge on any atom is 0.321 e. The highest BCUT2D eigenvalue weighted by Gasteiger charge is 2.34. The second-order valence-corrected chi connectivity index (χ2v) is 14.6. The van der Waals surface area contributed by atoms with E-state index in [1.165, 1.54) is 26.2 Å². The van der Waals surface area contributed by atoms with Crippen molar-refractivity contribution in [1.82, 2.24) is 13.9 Å². The SMILES string of the molecule is CCCCN([C@H](C)C(=O)O)S(=O)(=O)c1cc(F)c(CSc2ncc(C(C)(C)c3ccc(Cl)c(OC)c3)n2-c2ccc(F)cc2)c(F)c1. The molecule has 0 spiro atoms. The number of nitrogens with zero attached hydrogens (tertiary/aromatic N) is 3. The smallest absolute Gasteiger partial charge is 0.321 e. The topological polar surface area (TPSA) is 102 Å². The van der Waals surface area contributed by atoms with E-state index in [4.69, 9.17) is 16.3 Å². The van der Waals surface area contributed by atoms with E-state index in [0.717, 1.165) is 21.6 Å². The number of halogens is 4. The Balaban J connectivity index is 1.72. The lowest BCUT2D eigenvalue weighted by atomic mass is 9.81. The first kappa shape index (κ1) is 36.3. The van der Waals surface area contributed by atoms with Crippen molar-refractivity contribution in [3.63, 3.8) is 0 Å². The second-order valence-electron chi connectivity index (χ2n) is 11.3. The largest absolute Gasteiger partial charge is 0.495 e. The molecular formula is C33H35ClF3N3O5S2. The van der Waals surface area contributed by atoms with E-state index in [9.17, 15) is 22.7 Å². The van der Waals surface area contributed by atoms with E-state index < -0.39 is 55.4 Å². The minimum atomic E-state index is -4.54.